The Morgan fingerprint density at radius 3 is 2.90 bits per heavy atom. The van der Waals surface area contributed by atoms with Gasteiger partial charge in [-0.25, -0.2) is 0 Å². The van der Waals surface area contributed by atoms with Crippen molar-refractivity contribution in [2.24, 2.45) is 0 Å². The van der Waals surface area contributed by atoms with Crippen LogP contribution in [0.3, 0.4) is 0 Å². The molecule has 112 valence electrons. The molecule has 0 spiro atoms. The molecule has 1 N–H and O–H groups in total. The summed E-state index contributed by atoms with van der Waals surface area (Å²) >= 11 is 0. The average molecular weight is 287 g/mol. The van der Waals surface area contributed by atoms with Gasteiger partial charge in [-0.05, 0) is 45.0 Å². The fourth-order valence-corrected chi connectivity index (χ4v) is 3.07. The lowest BCUT2D eigenvalue weighted by atomic mass is 10.0. The van der Waals surface area contributed by atoms with Crippen LogP contribution in [0.2, 0.25) is 0 Å². The third-order valence-corrected chi connectivity index (χ3v) is 4.18. The predicted molar refractivity (Wildman–Crippen MR) is 81.0 cm³/mol. The number of benzene rings is 1. The van der Waals surface area contributed by atoms with Crippen LogP contribution in [-0.2, 0) is 11.2 Å². The monoisotopic (exact) mass is 287 g/mol. The van der Waals surface area contributed by atoms with Gasteiger partial charge in [0.1, 0.15) is 5.69 Å². The quantitative estimate of drug-likeness (QED) is 0.934. The third kappa shape index (κ3) is 2.93. The van der Waals surface area contributed by atoms with Crippen molar-refractivity contribution in [2.45, 2.75) is 32.2 Å². The highest BCUT2D eigenvalue weighted by atomic mass is 16.5. The molecule has 0 unspecified atom stereocenters. The number of hydrogen-bond donors (Lipinski definition) is 1. The number of carbonyl (C=O) groups excluding carboxylic acids is 1. The average Bonchev–Trinajstić information content (AvgIpc) is 2.92. The zero-order valence-electron chi connectivity index (χ0n) is 12.3. The Hall–Kier alpha value is -1.88. The Kier molecular flexibility index (Phi) is 4.20. The molecule has 1 aromatic heterocycles. The number of nitrogens with zero attached hydrogens (tertiary/aromatic N) is 2. The molecule has 2 aromatic rings. The largest absolute Gasteiger partial charge is 0.356 e. The van der Waals surface area contributed by atoms with E-state index in [0.29, 0.717) is 12.5 Å². The van der Waals surface area contributed by atoms with Crippen molar-refractivity contribution in [3.05, 3.63) is 30.0 Å². The number of carbonyl (C=O) groups is 1. The van der Waals surface area contributed by atoms with Crippen molar-refractivity contribution in [3.8, 4) is 0 Å². The Bertz CT molecular complexity index is 617. The van der Waals surface area contributed by atoms with E-state index in [9.17, 15) is 4.79 Å². The molecule has 3 rings (SSSR count). The van der Waals surface area contributed by atoms with Gasteiger partial charge in [-0.15, -0.1) is 0 Å². The summed E-state index contributed by atoms with van der Waals surface area (Å²) in [6, 6.07) is 8.03. The van der Waals surface area contributed by atoms with Crippen molar-refractivity contribution in [3.63, 3.8) is 0 Å². The molecule has 0 saturated carbocycles. The first kappa shape index (κ1) is 14.1. The first-order valence-electron chi connectivity index (χ1n) is 7.63. The van der Waals surface area contributed by atoms with E-state index in [-0.39, 0.29) is 5.91 Å². The molecule has 1 aromatic carbocycles. The maximum absolute atomic E-state index is 12.6. The van der Waals surface area contributed by atoms with Gasteiger partial charge >= 0.3 is 0 Å². The number of hydrogen-bond acceptors (Lipinski definition) is 4. The lowest BCUT2D eigenvalue weighted by Gasteiger charge is -2.33. The van der Waals surface area contributed by atoms with E-state index in [1.54, 1.807) is 0 Å². The number of aromatic nitrogens is 1. The second kappa shape index (κ2) is 6.26. The number of fused-ring (bicyclic) bond motifs is 1. The summed E-state index contributed by atoms with van der Waals surface area (Å²) in [5.41, 5.74) is 1.48. The number of rotatable bonds is 4. The number of nitrogens with one attached hydrogen (secondary N) is 1. The zero-order valence-corrected chi connectivity index (χ0v) is 12.3. The van der Waals surface area contributed by atoms with Gasteiger partial charge in [0, 0.05) is 18.0 Å². The maximum Gasteiger partial charge on any atom is 0.228 e. The van der Waals surface area contributed by atoms with E-state index in [2.05, 4.69) is 10.5 Å². The third-order valence-electron chi connectivity index (χ3n) is 4.18. The highest BCUT2D eigenvalue weighted by molar-refractivity contribution is 5.86. The van der Waals surface area contributed by atoms with E-state index in [0.717, 1.165) is 49.1 Å². The van der Waals surface area contributed by atoms with Gasteiger partial charge in [0.15, 0.2) is 5.58 Å². The van der Waals surface area contributed by atoms with Crippen LogP contribution in [0.1, 0.15) is 25.5 Å². The molecule has 0 radical (unpaired) electrons. The molecule has 1 fully saturated rings. The van der Waals surface area contributed by atoms with Crippen molar-refractivity contribution >= 4 is 16.9 Å². The summed E-state index contributed by atoms with van der Waals surface area (Å²) in [4.78, 5) is 14.6. The second-order valence-electron chi connectivity index (χ2n) is 5.46. The SMILES string of the molecule is CCN(C(=O)Cc1noc2ccccc12)C1CCNCC1. The van der Waals surface area contributed by atoms with Gasteiger partial charge in [-0.1, -0.05) is 17.3 Å². The number of piperidine rings is 1. The summed E-state index contributed by atoms with van der Waals surface area (Å²) < 4.78 is 5.28. The van der Waals surface area contributed by atoms with Gasteiger partial charge < -0.3 is 14.7 Å². The van der Waals surface area contributed by atoms with E-state index in [4.69, 9.17) is 4.52 Å². The Morgan fingerprint density at radius 2 is 2.14 bits per heavy atom. The minimum Gasteiger partial charge on any atom is -0.356 e. The summed E-state index contributed by atoms with van der Waals surface area (Å²) in [6.07, 6.45) is 2.37. The van der Waals surface area contributed by atoms with E-state index >= 15 is 0 Å². The van der Waals surface area contributed by atoms with Gasteiger partial charge in [0.05, 0.1) is 6.42 Å². The molecule has 5 nitrogen and oxygen atoms in total. The minimum absolute atomic E-state index is 0.142. The molecule has 1 saturated heterocycles. The van der Waals surface area contributed by atoms with Gasteiger partial charge in [0.25, 0.3) is 0 Å². The first-order valence-corrected chi connectivity index (χ1v) is 7.63. The highest BCUT2D eigenvalue weighted by Gasteiger charge is 2.25. The van der Waals surface area contributed by atoms with Gasteiger partial charge in [-0.3, -0.25) is 4.79 Å². The Morgan fingerprint density at radius 1 is 1.38 bits per heavy atom. The molecule has 0 aliphatic carbocycles. The van der Waals surface area contributed by atoms with Crippen LogP contribution in [0, 0.1) is 0 Å². The summed E-state index contributed by atoms with van der Waals surface area (Å²) in [7, 11) is 0. The molecule has 5 heteroatoms. The fraction of sp³-hybridized carbons (Fsp3) is 0.500. The van der Waals surface area contributed by atoms with Crippen LogP contribution < -0.4 is 5.32 Å². The zero-order chi connectivity index (χ0) is 14.7. The van der Waals surface area contributed by atoms with Crippen molar-refractivity contribution in [1.29, 1.82) is 0 Å². The summed E-state index contributed by atoms with van der Waals surface area (Å²) in [5, 5.41) is 8.34. The van der Waals surface area contributed by atoms with Crippen LogP contribution in [0.15, 0.2) is 28.8 Å². The molecular formula is C16H21N3O2. The van der Waals surface area contributed by atoms with Crippen LogP contribution in [0.25, 0.3) is 11.0 Å². The molecule has 1 aliphatic rings. The number of para-hydroxylation sites is 1. The topological polar surface area (TPSA) is 58.4 Å². The molecule has 0 atom stereocenters. The van der Waals surface area contributed by atoms with E-state index in [1.165, 1.54) is 0 Å². The molecule has 1 aliphatic heterocycles. The Labute approximate surface area is 124 Å². The van der Waals surface area contributed by atoms with Crippen LogP contribution >= 0.6 is 0 Å². The maximum atomic E-state index is 12.6. The molecule has 2 heterocycles. The summed E-state index contributed by atoms with van der Waals surface area (Å²) in [6.45, 7) is 4.77. The number of likely N-dealkylation sites (N-methyl/N-ethyl adjacent to an activating group) is 1. The molecule has 1 amide bonds. The second-order valence-corrected chi connectivity index (χ2v) is 5.46. The van der Waals surface area contributed by atoms with Gasteiger partial charge in [-0.2, -0.15) is 0 Å². The molecule has 21 heavy (non-hydrogen) atoms. The van der Waals surface area contributed by atoms with E-state index < -0.39 is 0 Å². The molecule has 0 bridgehead atoms. The van der Waals surface area contributed by atoms with Crippen molar-refractivity contribution in [2.75, 3.05) is 19.6 Å². The Balaban J connectivity index is 1.74. The lowest BCUT2D eigenvalue weighted by Crippen LogP contribution is -2.46. The lowest BCUT2D eigenvalue weighted by molar-refractivity contribution is -0.133. The highest BCUT2D eigenvalue weighted by Crippen LogP contribution is 2.20. The number of amides is 1. The standard InChI is InChI=1S/C16H21N3O2/c1-2-19(12-7-9-17-10-8-12)16(20)11-14-13-5-3-4-6-15(13)21-18-14/h3-6,12,17H,2,7-11H2,1H3. The van der Waals surface area contributed by atoms with Gasteiger partial charge in [0.2, 0.25) is 5.91 Å². The predicted octanol–water partition coefficient (Wildman–Crippen LogP) is 1.97. The van der Waals surface area contributed by atoms with Crippen LogP contribution in [0.4, 0.5) is 0 Å². The van der Waals surface area contributed by atoms with Crippen LogP contribution in [-0.4, -0.2) is 41.6 Å². The van der Waals surface area contributed by atoms with Crippen molar-refractivity contribution in [1.82, 2.24) is 15.4 Å². The summed E-state index contributed by atoms with van der Waals surface area (Å²) in [5.74, 6) is 0.142. The first-order chi connectivity index (χ1) is 10.3. The normalized spacial score (nSPS) is 16.2. The fourth-order valence-electron chi connectivity index (χ4n) is 3.07. The van der Waals surface area contributed by atoms with Crippen molar-refractivity contribution < 1.29 is 9.32 Å². The van der Waals surface area contributed by atoms with E-state index in [1.807, 2.05) is 36.1 Å². The smallest absolute Gasteiger partial charge is 0.228 e. The minimum atomic E-state index is 0.142. The van der Waals surface area contributed by atoms with Crippen LogP contribution in [0.5, 0.6) is 0 Å². The molecular weight excluding hydrogens is 266 g/mol.